The molecule has 26 heavy (non-hydrogen) atoms. The van der Waals surface area contributed by atoms with Crippen LogP contribution in [0.2, 0.25) is 0 Å². The highest BCUT2D eigenvalue weighted by molar-refractivity contribution is 5.73. The van der Waals surface area contributed by atoms with Crippen LogP contribution in [0.25, 0.3) is 0 Å². The fourth-order valence-electron chi connectivity index (χ4n) is 4.53. The SMILES string of the molecule is CCC1CCC(CCC2CCC(c3ccc(OC)c(F)c3)CC2)C(=O)O1. The molecule has 1 aromatic rings. The minimum absolute atomic E-state index is 0.0190. The lowest BCUT2D eigenvalue weighted by molar-refractivity contribution is -0.160. The van der Waals surface area contributed by atoms with Crippen molar-refractivity contribution >= 4 is 5.97 Å². The first-order valence-corrected chi connectivity index (χ1v) is 10.1. The number of ether oxygens (including phenoxy) is 2. The molecule has 2 fully saturated rings. The summed E-state index contributed by atoms with van der Waals surface area (Å²) in [5.41, 5.74) is 1.09. The maximum absolute atomic E-state index is 13.9. The molecule has 0 aromatic heterocycles. The first-order valence-electron chi connectivity index (χ1n) is 10.1. The number of rotatable bonds is 6. The van der Waals surface area contributed by atoms with E-state index in [9.17, 15) is 9.18 Å². The van der Waals surface area contributed by atoms with Gasteiger partial charge in [-0.3, -0.25) is 4.79 Å². The molecule has 1 saturated carbocycles. The topological polar surface area (TPSA) is 35.5 Å². The second-order valence-corrected chi connectivity index (χ2v) is 7.93. The second-order valence-electron chi connectivity index (χ2n) is 7.93. The van der Waals surface area contributed by atoms with Crippen LogP contribution in [0.1, 0.15) is 76.2 Å². The first kappa shape index (κ1) is 19.2. The molecule has 0 spiro atoms. The van der Waals surface area contributed by atoms with Crippen LogP contribution in [0.3, 0.4) is 0 Å². The van der Waals surface area contributed by atoms with Gasteiger partial charge in [0, 0.05) is 0 Å². The quantitative estimate of drug-likeness (QED) is 0.616. The molecule has 3 rings (SSSR count). The summed E-state index contributed by atoms with van der Waals surface area (Å²) >= 11 is 0. The van der Waals surface area contributed by atoms with E-state index < -0.39 is 0 Å². The van der Waals surface area contributed by atoms with Crippen LogP contribution in [-0.2, 0) is 9.53 Å². The number of benzene rings is 1. The van der Waals surface area contributed by atoms with Gasteiger partial charge in [-0.2, -0.15) is 0 Å². The van der Waals surface area contributed by atoms with Gasteiger partial charge in [0.2, 0.25) is 0 Å². The number of cyclic esters (lactones) is 1. The molecule has 0 radical (unpaired) electrons. The van der Waals surface area contributed by atoms with Crippen LogP contribution in [0.15, 0.2) is 18.2 Å². The van der Waals surface area contributed by atoms with E-state index in [1.54, 1.807) is 12.1 Å². The lowest BCUT2D eigenvalue weighted by atomic mass is 9.76. The van der Waals surface area contributed by atoms with E-state index in [0.29, 0.717) is 17.6 Å². The minimum atomic E-state index is -0.270. The fourth-order valence-corrected chi connectivity index (χ4v) is 4.53. The average Bonchev–Trinajstić information content (AvgIpc) is 2.67. The normalized spacial score (nSPS) is 29.3. The van der Waals surface area contributed by atoms with Crippen molar-refractivity contribution in [3.8, 4) is 5.75 Å². The van der Waals surface area contributed by atoms with Crippen molar-refractivity contribution in [2.75, 3.05) is 7.11 Å². The van der Waals surface area contributed by atoms with Crippen LogP contribution in [0, 0.1) is 17.7 Å². The molecule has 0 N–H and O–H groups in total. The van der Waals surface area contributed by atoms with Gasteiger partial charge in [-0.05, 0) is 87.3 Å². The van der Waals surface area contributed by atoms with E-state index in [2.05, 4.69) is 6.92 Å². The van der Waals surface area contributed by atoms with Gasteiger partial charge in [-0.15, -0.1) is 0 Å². The van der Waals surface area contributed by atoms with Crippen molar-refractivity contribution in [3.05, 3.63) is 29.6 Å². The van der Waals surface area contributed by atoms with Crippen LogP contribution in [0.5, 0.6) is 5.75 Å². The van der Waals surface area contributed by atoms with Crippen molar-refractivity contribution in [2.24, 2.45) is 11.8 Å². The maximum atomic E-state index is 13.9. The lowest BCUT2D eigenvalue weighted by Gasteiger charge is -2.31. The Morgan fingerprint density at radius 1 is 1.12 bits per heavy atom. The Bertz CT molecular complexity index is 607. The van der Waals surface area contributed by atoms with E-state index >= 15 is 0 Å². The third kappa shape index (κ3) is 4.57. The molecule has 1 aromatic carbocycles. The van der Waals surface area contributed by atoms with Gasteiger partial charge < -0.3 is 9.47 Å². The summed E-state index contributed by atoms with van der Waals surface area (Å²) in [6.07, 6.45) is 9.67. The summed E-state index contributed by atoms with van der Waals surface area (Å²) in [4.78, 5) is 12.1. The molecule has 2 aliphatic rings. The Labute approximate surface area is 156 Å². The first-order chi connectivity index (χ1) is 12.6. The number of hydrogen-bond acceptors (Lipinski definition) is 3. The summed E-state index contributed by atoms with van der Waals surface area (Å²) < 4.78 is 24.4. The molecule has 0 bridgehead atoms. The van der Waals surface area contributed by atoms with Crippen molar-refractivity contribution in [1.29, 1.82) is 0 Å². The highest BCUT2D eigenvalue weighted by Crippen LogP contribution is 2.39. The molecular formula is C22H31FO3. The Hall–Kier alpha value is -1.58. The molecule has 0 amide bonds. The second kappa shape index (κ2) is 8.88. The molecule has 2 atom stereocenters. The third-order valence-electron chi connectivity index (χ3n) is 6.33. The zero-order valence-electron chi connectivity index (χ0n) is 16.0. The summed E-state index contributed by atoms with van der Waals surface area (Å²) in [5.74, 6) is 1.29. The Morgan fingerprint density at radius 2 is 1.88 bits per heavy atom. The van der Waals surface area contributed by atoms with Gasteiger partial charge in [-0.25, -0.2) is 4.39 Å². The number of hydrogen-bond donors (Lipinski definition) is 0. The van der Waals surface area contributed by atoms with Crippen LogP contribution in [-0.4, -0.2) is 19.2 Å². The molecule has 1 aliphatic carbocycles. The van der Waals surface area contributed by atoms with Crippen LogP contribution < -0.4 is 4.74 Å². The van der Waals surface area contributed by atoms with Gasteiger partial charge >= 0.3 is 5.97 Å². The highest BCUT2D eigenvalue weighted by Gasteiger charge is 2.30. The van der Waals surface area contributed by atoms with E-state index in [1.807, 2.05) is 6.07 Å². The molecule has 2 unspecified atom stereocenters. The zero-order valence-corrected chi connectivity index (χ0v) is 16.0. The maximum Gasteiger partial charge on any atom is 0.309 e. The smallest absolute Gasteiger partial charge is 0.309 e. The summed E-state index contributed by atoms with van der Waals surface area (Å²) in [7, 11) is 1.49. The largest absolute Gasteiger partial charge is 0.494 e. The average molecular weight is 362 g/mol. The van der Waals surface area contributed by atoms with Crippen molar-refractivity contribution in [2.45, 2.75) is 76.7 Å². The Kier molecular flexibility index (Phi) is 6.55. The molecule has 4 heteroatoms. The predicted molar refractivity (Wildman–Crippen MR) is 99.8 cm³/mol. The number of carbonyl (C=O) groups excluding carboxylic acids is 1. The van der Waals surface area contributed by atoms with E-state index in [4.69, 9.17) is 9.47 Å². The van der Waals surface area contributed by atoms with E-state index in [-0.39, 0.29) is 23.8 Å². The number of methoxy groups -OCH3 is 1. The molecule has 1 aliphatic heterocycles. The summed E-state index contributed by atoms with van der Waals surface area (Å²) in [6, 6.07) is 5.36. The summed E-state index contributed by atoms with van der Waals surface area (Å²) in [5, 5.41) is 0. The number of halogens is 1. The fraction of sp³-hybridized carbons (Fsp3) is 0.682. The predicted octanol–water partition coefficient (Wildman–Crippen LogP) is 5.62. The Balaban J connectivity index is 1.44. The number of carbonyl (C=O) groups is 1. The van der Waals surface area contributed by atoms with Crippen molar-refractivity contribution in [3.63, 3.8) is 0 Å². The van der Waals surface area contributed by atoms with Gasteiger partial charge in [0.1, 0.15) is 6.10 Å². The molecule has 1 heterocycles. The van der Waals surface area contributed by atoms with Crippen molar-refractivity contribution in [1.82, 2.24) is 0 Å². The molecular weight excluding hydrogens is 331 g/mol. The van der Waals surface area contributed by atoms with E-state index in [1.165, 1.54) is 7.11 Å². The monoisotopic (exact) mass is 362 g/mol. The molecule has 1 saturated heterocycles. The summed E-state index contributed by atoms with van der Waals surface area (Å²) in [6.45, 7) is 2.07. The van der Waals surface area contributed by atoms with Gasteiger partial charge in [0.05, 0.1) is 13.0 Å². The van der Waals surface area contributed by atoms with Crippen LogP contribution in [0.4, 0.5) is 4.39 Å². The van der Waals surface area contributed by atoms with Crippen LogP contribution >= 0.6 is 0 Å². The standard InChI is InChI=1S/C22H31FO3/c1-3-19-12-10-17(22(24)26-19)9-6-15-4-7-16(8-5-15)18-11-13-21(25-2)20(23)14-18/h11,13-17,19H,3-10,12H2,1-2H3. The third-order valence-corrected chi connectivity index (χ3v) is 6.33. The zero-order chi connectivity index (χ0) is 18.5. The lowest BCUT2D eigenvalue weighted by Crippen LogP contribution is -2.31. The van der Waals surface area contributed by atoms with Gasteiger partial charge in [-0.1, -0.05) is 13.0 Å². The van der Waals surface area contributed by atoms with Gasteiger partial charge in [0.15, 0.2) is 11.6 Å². The molecule has 144 valence electrons. The highest BCUT2D eigenvalue weighted by atomic mass is 19.1. The Morgan fingerprint density at radius 3 is 2.50 bits per heavy atom. The van der Waals surface area contributed by atoms with Crippen molar-refractivity contribution < 1.29 is 18.7 Å². The molecule has 3 nitrogen and oxygen atoms in total. The number of esters is 1. The van der Waals surface area contributed by atoms with Gasteiger partial charge in [0.25, 0.3) is 0 Å². The van der Waals surface area contributed by atoms with E-state index in [0.717, 1.165) is 63.4 Å². The minimum Gasteiger partial charge on any atom is -0.494 e.